The van der Waals surface area contributed by atoms with Gasteiger partial charge < -0.3 is 10.1 Å². The first-order valence-electron chi connectivity index (χ1n) is 10.3. The molecule has 0 aliphatic heterocycles. The summed E-state index contributed by atoms with van der Waals surface area (Å²) >= 11 is 0. The monoisotopic (exact) mass is 429 g/mol. The number of halogens is 2. The zero-order chi connectivity index (χ0) is 22.2. The van der Waals surface area contributed by atoms with Gasteiger partial charge in [0.05, 0.1) is 5.39 Å². The normalized spacial score (nSPS) is 11.1. The molecule has 2 aromatic carbocycles. The number of carbonyl (C=O) groups excluding carboxylic acids is 1. The molecule has 0 aliphatic rings. The summed E-state index contributed by atoms with van der Waals surface area (Å²) in [5, 5.41) is 8.16. The van der Waals surface area contributed by atoms with Gasteiger partial charge in [0.2, 0.25) is 0 Å². The van der Waals surface area contributed by atoms with Gasteiger partial charge in [-0.2, -0.15) is 13.9 Å². The number of alkyl halides is 2. The SMILES string of the molecule is CCCCCn1nc(C(=O)NCCc2ccc(OC(F)F)cc2)c2ccccc2c1=O. The van der Waals surface area contributed by atoms with Crippen LogP contribution in [0.1, 0.15) is 42.2 Å². The lowest BCUT2D eigenvalue weighted by atomic mass is 10.1. The molecule has 6 nitrogen and oxygen atoms in total. The zero-order valence-corrected chi connectivity index (χ0v) is 17.3. The Morgan fingerprint density at radius 2 is 1.81 bits per heavy atom. The molecular formula is C23H25F2N3O3. The lowest BCUT2D eigenvalue weighted by molar-refractivity contribution is -0.0498. The summed E-state index contributed by atoms with van der Waals surface area (Å²) in [4.78, 5) is 25.5. The van der Waals surface area contributed by atoms with Crippen LogP contribution in [0, 0.1) is 0 Å². The van der Waals surface area contributed by atoms with Crippen molar-refractivity contribution in [2.45, 2.75) is 45.8 Å². The first-order chi connectivity index (χ1) is 15.0. The standard InChI is InChI=1S/C23H25F2N3O3/c1-2-3-6-15-28-22(30)19-8-5-4-7-18(19)20(27-28)21(29)26-14-13-16-9-11-17(12-10-16)31-23(24)25/h4-5,7-12,23H,2-3,6,13-15H2,1H3,(H,26,29). The third kappa shape index (κ3) is 5.87. The lowest BCUT2D eigenvalue weighted by Crippen LogP contribution is -2.31. The van der Waals surface area contributed by atoms with Gasteiger partial charge in [-0.25, -0.2) is 4.68 Å². The van der Waals surface area contributed by atoms with E-state index in [0.29, 0.717) is 30.3 Å². The van der Waals surface area contributed by atoms with Crippen molar-refractivity contribution in [2.75, 3.05) is 6.54 Å². The van der Waals surface area contributed by atoms with Crippen molar-refractivity contribution in [1.82, 2.24) is 15.1 Å². The smallest absolute Gasteiger partial charge is 0.387 e. The Morgan fingerprint density at radius 3 is 2.48 bits per heavy atom. The Labute approximate surface area is 178 Å². The highest BCUT2D eigenvalue weighted by molar-refractivity contribution is 6.04. The third-order valence-electron chi connectivity index (χ3n) is 4.90. The molecular weight excluding hydrogens is 404 g/mol. The molecule has 0 bridgehead atoms. The van der Waals surface area contributed by atoms with E-state index < -0.39 is 6.61 Å². The summed E-state index contributed by atoms with van der Waals surface area (Å²) in [6.07, 6.45) is 3.32. The topological polar surface area (TPSA) is 73.2 Å². The van der Waals surface area contributed by atoms with Crippen molar-refractivity contribution in [3.05, 3.63) is 70.1 Å². The number of aryl methyl sites for hydroxylation is 1. The van der Waals surface area contributed by atoms with Crippen LogP contribution in [0.3, 0.4) is 0 Å². The average Bonchev–Trinajstić information content (AvgIpc) is 2.76. The molecule has 0 spiro atoms. The van der Waals surface area contributed by atoms with Crippen molar-refractivity contribution in [3.63, 3.8) is 0 Å². The highest BCUT2D eigenvalue weighted by Gasteiger charge is 2.16. The molecule has 0 saturated heterocycles. The van der Waals surface area contributed by atoms with Gasteiger partial charge in [0.1, 0.15) is 5.75 Å². The number of rotatable bonds is 10. The predicted molar refractivity (Wildman–Crippen MR) is 115 cm³/mol. The molecule has 1 amide bonds. The summed E-state index contributed by atoms with van der Waals surface area (Å²) < 4.78 is 30.2. The van der Waals surface area contributed by atoms with Gasteiger partial charge in [0, 0.05) is 18.5 Å². The highest BCUT2D eigenvalue weighted by atomic mass is 19.3. The molecule has 3 rings (SSSR count). The van der Waals surface area contributed by atoms with E-state index in [4.69, 9.17) is 0 Å². The van der Waals surface area contributed by atoms with Crippen molar-refractivity contribution in [2.24, 2.45) is 0 Å². The van der Waals surface area contributed by atoms with Gasteiger partial charge in [0.25, 0.3) is 11.5 Å². The molecule has 0 atom stereocenters. The first kappa shape index (κ1) is 22.4. The Kier molecular flexibility index (Phi) is 7.70. The largest absolute Gasteiger partial charge is 0.435 e. The molecule has 31 heavy (non-hydrogen) atoms. The van der Waals surface area contributed by atoms with E-state index in [1.54, 1.807) is 36.4 Å². The van der Waals surface area contributed by atoms with E-state index in [1.165, 1.54) is 16.8 Å². The van der Waals surface area contributed by atoms with Gasteiger partial charge in [0.15, 0.2) is 5.69 Å². The van der Waals surface area contributed by atoms with Crippen LogP contribution in [0.4, 0.5) is 8.78 Å². The van der Waals surface area contributed by atoms with E-state index >= 15 is 0 Å². The molecule has 8 heteroatoms. The van der Waals surface area contributed by atoms with Gasteiger partial charge in [-0.15, -0.1) is 0 Å². The number of benzene rings is 2. The molecule has 0 aliphatic carbocycles. The number of unbranched alkanes of at least 4 members (excludes halogenated alkanes) is 2. The molecule has 1 N–H and O–H groups in total. The van der Waals surface area contributed by atoms with Crippen LogP contribution in [0.25, 0.3) is 10.8 Å². The minimum atomic E-state index is -2.86. The number of ether oxygens (including phenoxy) is 1. The van der Waals surface area contributed by atoms with Crippen LogP contribution in [-0.2, 0) is 13.0 Å². The zero-order valence-electron chi connectivity index (χ0n) is 17.3. The van der Waals surface area contributed by atoms with E-state index in [1.807, 2.05) is 0 Å². The third-order valence-corrected chi connectivity index (χ3v) is 4.90. The van der Waals surface area contributed by atoms with Crippen LogP contribution in [0.15, 0.2) is 53.3 Å². The molecule has 0 unspecified atom stereocenters. The molecule has 1 aromatic heterocycles. The maximum Gasteiger partial charge on any atom is 0.387 e. The number of carbonyl (C=O) groups is 1. The van der Waals surface area contributed by atoms with Crippen LogP contribution in [0.2, 0.25) is 0 Å². The lowest BCUT2D eigenvalue weighted by Gasteiger charge is -2.11. The number of aromatic nitrogens is 2. The summed E-state index contributed by atoms with van der Waals surface area (Å²) in [6, 6.07) is 13.2. The number of hydrogen-bond donors (Lipinski definition) is 1. The molecule has 1 heterocycles. The second-order valence-electron chi connectivity index (χ2n) is 7.16. The van der Waals surface area contributed by atoms with E-state index in [2.05, 4.69) is 22.1 Å². The molecule has 0 fully saturated rings. The van der Waals surface area contributed by atoms with E-state index in [9.17, 15) is 18.4 Å². The summed E-state index contributed by atoms with van der Waals surface area (Å²) in [5.41, 5.74) is 0.881. The Bertz CT molecular complexity index is 1080. The van der Waals surface area contributed by atoms with Crippen LogP contribution in [-0.4, -0.2) is 28.8 Å². The molecule has 0 radical (unpaired) electrons. The number of amides is 1. The van der Waals surface area contributed by atoms with Crippen LogP contribution < -0.4 is 15.6 Å². The fraction of sp³-hybridized carbons (Fsp3) is 0.348. The van der Waals surface area contributed by atoms with Gasteiger partial charge in [-0.1, -0.05) is 50.1 Å². The van der Waals surface area contributed by atoms with Gasteiger partial charge in [-0.3, -0.25) is 9.59 Å². The fourth-order valence-corrected chi connectivity index (χ4v) is 3.31. The number of nitrogens with one attached hydrogen (secondary N) is 1. The minimum Gasteiger partial charge on any atom is -0.435 e. The van der Waals surface area contributed by atoms with Gasteiger partial charge >= 0.3 is 6.61 Å². The van der Waals surface area contributed by atoms with E-state index in [-0.39, 0.29) is 22.9 Å². The van der Waals surface area contributed by atoms with Crippen LogP contribution in [0.5, 0.6) is 5.75 Å². The van der Waals surface area contributed by atoms with Crippen LogP contribution >= 0.6 is 0 Å². The Hall–Kier alpha value is -3.29. The summed E-state index contributed by atoms with van der Waals surface area (Å²) in [6.45, 7) is 0.0103. The maximum atomic E-state index is 12.8. The molecule has 164 valence electrons. The predicted octanol–water partition coefficient (Wildman–Crippen LogP) is 4.16. The Morgan fingerprint density at radius 1 is 1.10 bits per heavy atom. The van der Waals surface area contributed by atoms with Crippen molar-refractivity contribution >= 4 is 16.7 Å². The second-order valence-corrected chi connectivity index (χ2v) is 7.16. The highest BCUT2D eigenvalue weighted by Crippen LogP contribution is 2.16. The summed E-state index contributed by atoms with van der Waals surface area (Å²) in [5.74, 6) is -0.276. The number of nitrogens with zero attached hydrogens (tertiary/aromatic N) is 2. The maximum absolute atomic E-state index is 12.8. The quantitative estimate of drug-likeness (QED) is 0.491. The molecule has 3 aromatic rings. The molecule has 0 saturated carbocycles. The van der Waals surface area contributed by atoms with Crippen molar-refractivity contribution < 1.29 is 18.3 Å². The average molecular weight is 429 g/mol. The van der Waals surface area contributed by atoms with E-state index in [0.717, 1.165) is 24.8 Å². The Balaban J connectivity index is 1.71. The fourth-order valence-electron chi connectivity index (χ4n) is 3.31. The second kappa shape index (κ2) is 10.7. The first-order valence-corrected chi connectivity index (χ1v) is 10.3. The van der Waals surface area contributed by atoms with Gasteiger partial charge in [-0.05, 0) is 36.6 Å². The minimum absolute atomic E-state index is 0.0868. The summed E-state index contributed by atoms with van der Waals surface area (Å²) in [7, 11) is 0. The van der Waals surface area contributed by atoms with Crippen molar-refractivity contribution in [3.8, 4) is 5.75 Å². The van der Waals surface area contributed by atoms with Crippen molar-refractivity contribution in [1.29, 1.82) is 0 Å². The number of fused-ring (bicyclic) bond motifs is 1. The number of hydrogen-bond acceptors (Lipinski definition) is 4.